The Balaban J connectivity index is 0.000000321. The molecule has 0 radical (unpaired) electrons. The van der Waals surface area contributed by atoms with Gasteiger partial charge in [-0.3, -0.25) is 0 Å². The van der Waals surface area contributed by atoms with Crippen molar-refractivity contribution in [2.24, 2.45) is 0 Å². The highest BCUT2D eigenvalue weighted by Gasteiger charge is 2.22. The van der Waals surface area contributed by atoms with Gasteiger partial charge in [-0.25, -0.2) is 0 Å². The third kappa shape index (κ3) is 10.5. The van der Waals surface area contributed by atoms with Crippen LogP contribution in [0.2, 0.25) is 39.3 Å². The first-order valence-electron chi connectivity index (χ1n) is 6.52. The van der Waals surface area contributed by atoms with Crippen molar-refractivity contribution in [2.45, 2.75) is 46.2 Å². The van der Waals surface area contributed by atoms with Crippen LogP contribution in [-0.4, -0.2) is 16.5 Å². The largest absolute Gasteiger partial charge is 0.360 e. The maximum Gasteiger partial charge on any atom is 0.109 e. The summed E-state index contributed by atoms with van der Waals surface area (Å²) in [6.45, 7) is 19.9. The van der Waals surface area contributed by atoms with Gasteiger partial charge in [0.25, 0.3) is 0 Å². The molecule has 0 aliphatic carbocycles. The molecule has 0 aliphatic heterocycles. The van der Waals surface area contributed by atoms with Gasteiger partial charge >= 0.3 is 0 Å². The van der Waals surface area contributed by atoms with E-state index >= 15 is 0 Å². The summed E-state index contributed by atoms with van der Waals surface area (Å²) < 4.78 is 3.74. The van der Waals surface area contributed by atoms with Gasteiger partial charge in [-0.1, -0.05) is 81.8 Å². The maximum atomic E-state index is 3.74. The van der Waals surface area contributed by atoms with Crippen molar-refractivity contribution in [2.75, 3.05) is 0 Å². The number of rotatable bonds is 3. The Morgan fingerprint density at radius 1 is 1.00 bits per heavy atom. The molecule has 0 spiro atoms. The average molecular weight is 280 g/mol. The number of hydrogen-bond donors (Lipinski definition) is 1. The Hall–Kier alpha value is -0.646. The molecule has 0 unspecified atom stereocenters. The molecule has 1 nitrogen and oxygen atoms in total. The molecule has 18 heavy (non-hydrogen) atoms. The lowest BCUT2D eigenvalue weighted by Gasteiger charge is -2.28. The van der Waals surface area contributed by atoms with E-state index in [4.69, 9.17) is 0 Å². The molecule has 0 heterocycles. The second kappa shape index (κ2) is 7.07. The quantitative estimate of drug-likeness (QED) is 0.777. The zero-order chi connectivity index (χ0) is 14.4. The zero-order valence-electron chi connectivity index (χ0n) is 13.1. The highest BCUT2D eigenvalue weighted by molar-refractivity contribution is 6.90. The van der Waals surface area contributed by atoms with Gasteiger partial charge in [-0.15, -0.1) is 0 Å². The zero-order valence-corrected chi connectivity index (χ0v) is 15.1. The minimum atomic E-state index is -0.981. The molecule has 1 aromatic rings. The third-order valence-corrected chi connectivity index (χ3v) is 8.03. The smallest absolute Gasteiger partial charge is 0.109 e. The van der Waals surface area contributed by atoms with Gasteiger partial charge in [-0.05, 0) is 12.5 Å². The van der Waals surface area contributed by atoms with E-state index in [1.807, 2.05) is 18.2 Å². The highest BCUT2D eigenvalue weighted by atomic mass is 28.4. The van der Waals surface area contributed by atoms with Crippen molar-refractivity contribution in [3.8, 4) is 0 Å². The number of nitrogens with one attached hydrogen (secondary N) is 1. The molecule has 0 aromatic heterocycles. The second-order valence-electron chi connectivity index (χ2n) is 6.74. The fraction of sp³-hybridized carbons (Fsp3) is 0.467. The maximum absolute atomic E-state index is 3.74. The van der Waals surface area contributed by atoms with Crippen molar-refractivity contribution in [3.63, 3.8) is 0 Å². The molecule has 1 aromatic carbocycles. The average Bonchev–Trinajstić information content (AvgIpc) is 2.12. The molecule has 0 saturated heterocycles. The lowest BCUT2D eigenvalue weighted by molar-refractivity contribution is 1.30. The summed E-state index contributed by atoms with van der Waals surface area (Å²) in [4.78, 5) is 0. The second-order valence-corrected chi connectivity index (χ2v) is 16.7. The summed E-state index contributed by atoms with van der Waals surface area (Å²) in [5.41, 5.74) is 2.47. The topological polar surface area (TPSA) is 12.0 Å². The monoisotopic (exact) mass is 279 g/mol. The molecular weight excluding hydrogens is 250 g/mol. The summed E-state index contributed by atoms with van der Waals surface area (Å²) in [5, 5.41) is 0. The summed E-state index contributed by atoms with van der Waals surface area (Å²) in [5.74, 6) is 0. The molecule has 1 N–H and O–H groups in total. The van der Waals surface area contributed by atoms with Crippen LogP contribution in [0, 0.1) is 6.92 Å². The molecule has 0 saturated carbocycles. The van der Waals surface area contributed by atoms with Crippen molar-refractivity contribution >= 4 is 22.5 Å². The summed E-state index contributed by atoms with van der Waals surface area (Å²) in [6.07, 6.45) is 1.85. The molecule has 0 atom stereocenters. The summed E-state index contributed by atoms with van der Waals surface area (Å²) >= 11 is 0. The van der Waals surface area contributed by atoms with Crippen LogP contribution >= 0.6 is 0 Å². The van der Waals surface area contributed by atoms with Crippen LogP contribution in [0.3, 0.4) is 0 Å². The Morgan fingerprint density at radius 2 is 1.50 bits per heavy atom. The van der Waals surface area contributed by atoms with Crippen LogP contribution in [0.1, 0.15) is 11.1 Å². The van der Waals surface area contributed by atoms with Crippen LogP contribution in [0.5, 0.6) is 0 Å². The van der Waals surface area contributed by atoms with Crippen molar-refractivity contribution in [1.29, 1.82) is 0 Å². The van der Waals surface area contributed by atoms with Crippen LogP contribution in [0.25, 0.3) is 6.08 Å². The van der Waals surface area contributed by atoms with Crippen LogP contribution in [-0.2, 0) is 0 Å². The molecule has 3 heteroatoms. The fourth-order valence-electron chi connectivity index (χ4n) is 1.92. The SMILES string of the molecule is C=Cc1cccc(C)c1.C[Si](C)(C)N[Si](C)(C)C. The van der Waals surface area contributed by atoms with Gasteiger partial charge in [-0.2, -0.15) is 0 Å². The first kappa shape index (κ1) is 17.4. The Kier molecular flexibility index (Phi) is 6.81. The van der Waals surface area contributed by atoms with E-state index in [1.165, 1.54) is 11.1 Å². The number of hydrogen-bond acceptors (Lipinski definition) is 1. The number of aryl methyl sites for hydroxylation is 1. The molecule has 0 fully saturated rings. The van der Waals surface area contributed by atoms with Crippen LogP contribution in [0.15, 0.2) is 30.8 Å². The standard InChI is InChI=1S/C9H10.C6H19NSi2/c1-3-9-6-4-5-8(2)7-9;1-8(2,3)7-9(4,5)6/h3-7H,1H2,2H3;7H,1-6H3. The highest BCUT2D eigenvalue weighted by Crippen LogP contribution is 2.04. The minimum Gasteiger partial charge on any atom is -0.360 e. The van der Waals surface area contributed by atoms with Gasteiger partial charge in [0, 0.05) is 0 Å². The van der Waals surface area contributed by atoms with E-state index in [9.17, 15) is 0 Å². The van der Waals surface area contributed by atoms with Crippen molar-refractivity contribution in [1.82, 2.24) is 4.65 Å². The molecule has 0 aliphatic rings. The van der Waals surface area contributed by atoms with E-state index in [1.54, 1.807) is 0 Å². The predicted molar refractivity (Wildman–Crippen MR) is 91.1 cm³/mol. The Labute approximate surface area is 116 Å². The van der Waals surface area contributed by atoms with E-state index in [0.29, 0.717) is 0 Å². The van der Waals surface area contributed by atoms with Crippen LogP contribution < -0.4 is 4.65 Å². The molecule has 0 amide bonds. The first-order chi connectivity index (χ1) is 8.03. The van der Waals surface area contributed by atoms with Gasteiger partial charge in [0.1, 0.15) is 16.5 Å². The van der Waals surface area contributed by atoms with Gasteiger partial charge < -0.3 is 4.65 Å². The number of benzene rings is 1. The summed E-state index contributed by atoms with van der Waals surface area (Å²) in [6, 6.07) is 8.26. The summed E-state index contributed by atoms with van der Waals surface area (Å²) in [7, 11) is -1.96. The lowest BCUT2D eigenvalue weighted by atomic mass is 10.1. The van der Waals surface area contributed by atoms with Gasteiger partial charge in [0.2, 0.25) is 0 Å². The first-order valence-corrected chi connectivity index (χ1v) is 13.5. The van der Waals surface area contributed by atoms with Crippen LogP contribution in [0.4, 0.5) is 0 Å². The lowest BCUT2D eigenvalue weighted by Crippen LogP contribution is -2.55. The van der Waals surface area contributed by atoms with E-state index in [-0.39, 0.29) is 0 Å². The van der Waals surface area contributed by atoms with Gasteiger partial charge in [0.15, 0.2) is 0 Å². The molecular formula is C15H29NSi2. The van der Waals surface area contributed by atoms with E-state index < -0.39 is 16.5 Å². The fourth-order valence-corrected chi connectivity index (χ4v) is 10.9. The Morgan fingerprint density at radius 3 is 1.72 bits per heavy atom. The van der Waals surface area contributed by atoms with E-state index in [2.05, 4.69) is 69.6 Å². The molecule has 102 valence electrons. The van der Waals surface area contributed by atoms with Crippen molar-refractivity contribution < 1.29 is 0 Å². The molecule has 0 bridgehead atoms. The normalized spacial score (nSPS) is 11.5. The minimum absolute atomic E-state index is 0.981. The molecule has 1 rings (SSSR count). The van der Waals surface area contributed by atoms with Gasteiger partial charge in [0.05, 0.1) is 0 Å². The van der Waals surface area contributed by atoms with Crippen molar-refractivity contribution in [3.05, 3.63) is 42.0 Å². The predicted octanol–water partition coefficient (Wildman–Crippen LogP) is 4.88. The third-order valence-electron chi connectivity index (χ3n) is 2.03. The van der Waals surface area contributed by atoms with E-state index in [0.717, 1.165) is 0 Å². The Bertz CT molecular complexity index is 361.